The minimum absolute atomic E-state index is 0.407. The van der Waals surface area contributed by atoms with Crippen molar-refractivity contribution in [2.45, 2.75) is 5.72 Å². The number of rotatable bonds is 3. The van der Waals surface area contributed by atoms with E-state index in [1.165, 1.54) is 6.08 Å². The van der Waals surface area contributed by atoms with Crippen molar-refractivity contribution in [3.05, 3.63) is 64.4 Å². The molecule has 0 saturated heterocycles. The first-order chi connectivity index (χ1) is 9.20. The smallest absolute Gasteiger partial charge is 0.420 e. The number of hydrogen-bond acceptors (Lipinski definition) is 5. The molecule has 1 aromatic carbocycles. The molecule has 1 aromatic rings. The topological polar surface area (TPSA) is 77.1 Å². The molecule has 0 radical (unpaired) electrons. The van der Waals surface area contributed by atoms with E-state index in [0.29, 0.717) is 17.2 Å². The average Bonchev–Trinajstić information content (AvgIpc) is 2.87. The fourth-order valence-corrected chi connectivity index (χ4v) is 1.84. The molecule has 19 heavy (non-hydrogen) atoms. The van der Waals surface area contributed by atoms with Crippen molar-refractivity contribution in [2.75, 3.05) is 0 Å². The van der Waals surface area contributed by atoms with Gasteiger partial charge in [0.2, 0.25) is 0 Å². The van der Waals surface area contributed by atoms with Gasteiger partial charge in [-0.3, -0.25) is 10.1 Å². The molecule has 2 heterocycles. The minimum atomic E-state index is -1.79. The Kier molecular flexibility index (Phi) is 2.49. The van der Waals surface area contributed by atoms with Gasteiger partial charge in [0.25, 0.3) is 0 Å². The van der Waals surface area contributed by atoms with Crippen LogP contribution < -0.4 is 4.74 Å². The molecular weight excluding hydrogens is 246 g/mol. The maximum atomic E-state index is 11.4. The van der Waals surface area contributed by atoms with Gasteiger partial charge in [-0.2, -0.15) is 0 Å². The van der Waals surface area contributed by atoms with Crippen LogP contribution in [0.2, 0.25) is 0 Å². The summed E-state index contributed by atoms with van der Waals surface area (Å²) in [5.41, 5.74) is -1.19. The van der Waals surface area contributed by atoms with Gasteiger partial charge in [0, 0.05) is 11.8 Å². The van der Waals surface area contributed by atoms with Gasteiger partial charge in [0.05, 0.1) is 11.0 Å². The molecule has 1 atom stereocenters. The summed E-state index contributed by atoms with van der Waals surface area (Å²) in [4.78, 5) is 18.8. The standard InChI is InChI=1S/C13H9N3O3/c17-16(18)13(19-11-4-2-1-3-5-11)8-10-6-7-14-12(10)15-9-13/h1-9H. The monoisotopic (exact) mass is 255 g/mol. The first-order valence-electron chi connectivity index (χ1n) is 5.61. The summed E-state index contributed by atoms with van der Waals surface area (Å²) in [6.07, 6.45) is 5.79. The molecule has 0 fully saturated rings. The Morgan fingerprint density at radius 2 is 2.05 bits per heavy atom. The zero-order chi connectivity index (χ0) is 13.3. The van der Waals surface area contributed by atoms with E-state index in [-0.39, 0.29) is 0 Å². The van der Waals surface area contributed by atoms with Gasteiger partial charge in [-0.25, -0.2) is 9.98 Å². The molecule has 1 unspecified atom stereocenters. The van der Waals surface area contributed by atoms with E-state index in [4.69, 9.17) is 4.74 Å². The SMILES string of the molecule is O=[N+]([O-])C1(Oc2ccccc2)C=NC2=NC=CC2=C1. The van der Waals surface area contributed by atoms with Crippen LogP contribution in [0, 0.1) is 10.1 Å². The molecule has 2 aliphatic rings. The summed E-state index contributed by atoms with van der Waals surface area (Å²) in [7, 11) is 0. The van der Waals surface area contributed by atoms with Gasteiger partial charge < -0.3 is 4.74 Å². The average molecular weight is 255 g/mol. The number of benzene rings is 1. The highest BCUT2D eigenvalue weighted by atomic mass is 16.7. The van der Waals surface area contributed by atoms with Gasteiger partial charge in [0.1, 0.15) is 12.0 Å². The van der Waals surface area contributed by atoms with Gasteiger partial charge >= 0.3 is 5.72 Å². The Balaban J connectivity index is 2.00. The van der Waals surface area contributed by atoms with Crippen LogP contribution in [0.1, 0.15) is 0 Å². The lowest BCUT2D eigenvalue weighted by Gasteiger charge is -2.22. The number of aliphatic imine (C=N–C) groups is 2. The lowest BCUT2D eigenvalue weighted by atomic mass is 10.1. The maximum absolute atomic E-state index is 11.4. The third kappa shape index (κ3) is 1.93. The van der Waals surface area contributed by atoms with Crippen molar-refractivity contribution in [2.24, 2.45) is 9.98 Å². The van der Waals surface area contributed by atoms with Crippen LogP contribution in [0.25, 0.3) is 0 Å². The molecule has 0 aromatic heterocycles. The van der Waals surface area contributed by atoms with Crippen LogP contribution in [-0.4, -0.2) is 22.7 Å². The zero-order valence-corrected chi connectivity index (χ0v) is 9.76. The Labute approximate surface area is 108 Å². The summed E-state index contributed by atoms with van der Waals surface area (Å²) in [5, 5.41) is 11.4. The molecule has 3 rings (SSSR count). The molecule has 94 valence electrons. The number of dihydropyridines is 1. The summed E-state index contributed by atoms with van der Waals surface area (Å²) in [6, 6.07) is 8.62. The molecule has 6 heteroatoms. The summed E-state index contributed by atoms with van der Waals surface area (Å²) in [6.45, 7) is 0. The van der Waals surface area contributed by atoms with E-state index < -0.39 is 10.6 Å². The van der Waals surface area contributed by atoms with Gasteiger partial charge in [0.15, 0.2) is 5.84 Å². The van der Waals surface area contributed by atoms with Crippen molar-refractivity contribution >= 4 is 12.1 Å². The van der Waals surface area contributed by atoms with Crippen molar-refractivity contribution < 1.29 is 9.66 Å². The number of fused-ring (bicyclic) bond motifs is 1. The van der Waals surface area contributed by atoms with E-state index in [1.54, 1.807) is 36.5 Å². The molecule has 0 N–H and O–H groups in total. The van der Waals surface area contributed by atoms with Crippen LogP contribution in [0.15, 0.2) is 64.2 Å². The van der Waals surface area contributed by atoms with E-state index in [0.717, 1.165) is 6.21 Å². The van der Waals surface area contributed by atoms with E-state index in [2.05, 4.69) is 9.98 Å². The fourth-order valence-electron chi connectivity index (χ4n) is 1.84. The number of nitrogens with zero attached hydrogens (tertiary/aromatic N) is 3. The molecular formula is C13H9N3O3. The van der Waals surface area contributed by atoms with Crippen molar-refractivity contribution in [1.82, 2.24) is 0 Å². The Morgan fingerprint density at radius 3 is 2.79 bits per heavy atom. The molecule has 0 saturated carbocycles. The van der Waals surface area contributed by atoms with E-state index in [9.17, 15) is 10.1 Å². The van der Waals surface area contributed by atoms with Crippen LogP contribution in [-0.2, 0) is 0 Å². The molecule has 0 amide bonds. The van der Waals surface area contributed by atoms with E-state index >= 15 is 0 Å². The second-order valence-electron chi connectivity index (χ2n) is 4.05. The van der Waals surface area contributed by atoms with E-state index in [1.807, 2.05) is 6.07 Å². The second kappa shape index (κ2) is 4.16. The lowest BCUT2D eigenvalue weighted by Crippen LogP contribution is -2.46. The van der Waals surface area contributed by atoms with Gasteiger partial charge in [-0.15, -0.1) is 0 Å². The Morgan fingerprint density at radius 1 is 1.26 bits per heavy atom. The third-order valence-electron chi connectivity index (χ3n) is 2.75. The van der Waals surface area contributed by atoms with Crippen LogP contribution in [0.4, 0.5) is 0 Å². The van der Waals surface area contributed by atoms with Gasteiger partial charge in [-0.1, -0.05) is 18.2 Å². The van der Waals surface area contributed by atoms with Gasteiger partial charge in [-0.05, 0) is 18.2 Å². The molecule has 2 aliphatic heterocycles. The largest absolute Gasteiger partial charge is 0.421 e. The van der Waals surface area contributed by atoms with Crippen LogP contribution >= 0.6 is 0 Å². The minimum Gasteiger partial charge on any atom is -0.420 e. The second-order valence-corrected chi connectivity index (χ2v) is 4.05. The summed E-state index contributed by atoms with van der Waals surface area (Å²) >= 11 is 0. The predicted octanol–water partition coefficient (Wildman–Crippen LogP) is 1.97. The van der Waals surface area contributed by atoms with Crippen molar-refractivity contribution in [1.29, 1.82) is 0 Å². The fraction of sp³-hybridized carbons (Fsp3) is 0.0769. The Hall–Kier alpha value is -2.76. The molecule has 0 spiro atoms. The summed E-state index contributed by atoms with van der Waals surface area (Å²) < 4.78 is 5.50. The number of hydrogen-bond donors (Lipinski definition) is 0. The highest BCUT2D eigenvalue weighted by Crippen LogP contribution is 2.25. The zero-order valence-electron chi connectivity index (χ0n) is 9.76. The van der Waals surface area contributed by atoms with Crippen LogP contribution in [0.5, 0.6) is 5.75 Å². The number of ether oxygens (including phenoxy) is 1. The first kappa shape index (κ1) is 11.3. The highest BCUT2D eigenvalue weighted by Gasteiger charge is 2.45. The quantitative estimate of drug-likeness (QED) is 0.470. The molecule has 0 aliphatic carbocycles. The maximum Gasteiger partial charge on any atom is 0.421 e. The first-order valence-corrected chi connectivity index (χ1v) is 5.61. The normalized spacial score (nSPS) is 23.6. The molecule has 6 nitrogen and oxygen atoms in total. The van der Waals surface area contributed by atoms with Crippen molar-refractivity contribution in [3.63, 3.8) is 0 Å². The Bertz CT molecular complexity index is 646. The number of nitro groups is 1. The number of amidine groups is 1. The predicted molar refractivity (Wildman–Crippen MR) is 69.9 cm³/mol. The third-order valence-corrected chi connectivity index (χ3v) is 2.75. The van der Waals surface area contributed by atoms with Crippen LogP contribution in [0.3, 0.4) is 0 Å². The lowest BCUT2D eigenvalue weighted by molar-refractivity contribution is -0.573. The van der Waals surface area contributed by atoms with Crippen molar-refractivity contribution in [3.8, 4) is 5.75 Å². The highest BCUT2D eigenvalue weighted by molar-refractivity contribution is 6.10. The summed E-state index contributed by atoms with van der Waals surface area (Å²) in [5.74, 6) is 0.874. The molecule has 0 bridgehead atoms. The number of para-hydroxylation sites is 1.